The molecule has 0 saturated carbocycles. The summed E-state index contributed by atoms with van der Waals surface area (Å²) in [6, 6.07) is 13.7. The number of aromatic nitrogens is 1. The minimum atomic E-state index is -0.735. The number of thiazole rings is 1. The maximum Gasteiger partial charge on any atom is 0.271 e. The Labute approximate surface area is 239 Å². The second-order valence-electron chi connectivity index (χ2n) is 9.03. The van der Waals surface area contributed by atoms with Crippen molar-refractivity contribution in [3.63, 3.8) is 0 Å². The lowest BCUT2D eigenvalue weighted by molar-refractivity contribution is -0.115. The van der Waals surface area contributed by atoms with E-state index in [-0.39, 0.29) is 17.8 Å². The molecule has 1 atom stereocenters. The summed E-state index contributed by atoms with van der Waals surface area (Å²) < 4.78 is 24.6. The summed E-state index contributed by atoms with van der Waals surface area (Å²) >= 11 is 7.24. The van der Waals surface area contributed by atoms with Crippen LogP contribution >= 0.6 is 22.9 Å². The predicted molar refractivity (Wildman–Crippen MR) is 154 cm³/mol. The molecule has 2 aromatic heterocycles. The summed E-state index contributed by atoms with van der Waals surface area (Å²) in [4.78, 5) is 32.3. The lowest BCUT2D eigenvalue weighted by Crippen LogP contribution is -2.39. The van der Waals surface area contributed by atoms with Gasteiger partial charge in [0, 0.05) is 34.4 Å². The van der Waals surface area contributed by atoms with Crippen LogP contribution in [0.5, 0.6) is 17.2 Å². The molecule has 1 aliphatic heterocycles. The molecular weight excluding hydrogens is 552 g/mol. The molecule has 0 aliphatic carbocycles. The van der Waals surface area contributed by atoms with Crippen LogP contribution in [0.25, 0.3) is 17.4 Å². The highest BCUT2D eigenvalue weighted by molar-refractivity contribution is 7.07. The van der Waals surface area contributed by atoms with Crippen molar-refractivity contribution in [1.29, 1.82) is 0 Å². The minimum absolute atomic E-state index is 0.104. The van der Waals surface area contributed by atoms with Crippen LogP contribution < -0.4 is 29.1 Å². The zero-order valence-electron chi connectivity index (χ0n) is 22.6. The fourth-order valence-corrected chi connectivity index (χ4v) is 5.92. The van der Waals surface area contributed by atoms with Crippen LogP contribution in [0.3, 0.4) is 0 Å². The molecule has 0 amide bonds. The molecular formula is C30H27ClN2O6S. The Bertz CT molecular complexity index is 1790. The fourth-order valence-electron chi connectivity index (χ4n) is 4.77. The van der Waals surface area contributed by atoms with E-state index >= 15 is 0 Å². The Morgan fingerprint density at radius 1 is 1.07 bits per heavy atom. The molecule has 0 bridgehead atoms. The van der Waals surface area contributed by atoms with Gasteiger partial charge in [0.2, 0.25) is 5.75 Å². The third-order valence-corrected chi connectivity index (χ3v) is 7.91. The van der Waals surface area contributed by atoms with Crippen molar-refractivity contribution in [3.05, 3.63) is 95.8 Å². The summed E-state index contributed by atoms with van der Waals surface area (Å²) in [5, 5.41) is 0.634. The molecule has 0 saturated heterocycles. The quantitative estimate of drug-likeness (QED) is 0.287. The number of methoxy groups -OCH3 is 3. The van der Waals surface area contributed by atoms with Gasteiger partial charge < -0.3 is 18.6 Å². The van der Waals surface area contributed by atoms with Crippen LogP contribution in [0.15, 0.2) is 74.0 Å². The number of hydrogen-bond donors (Lipinski definition) is 0. The monoisotopic (exact) mass is 578 g/mol. The first kappa shape index (κ1) is 27.5. The van der Waals surface area contributed by atoms with Gasteiger partial charge in [0.1, 0.15) is 11.5 Å². The van der Waals surface area contributed by atoms with Gasteiger partial charge in [0.25, 0.3) is 5.56 Å². The van der Waals surface area contributed by atoms with Crippen LogP contribution in [0, 0.1) is 0 Å². The van der Waals surface area contributed by atoms with Crippen molar-refractivity contribution in [1.82, 2.24) is 4.57 Å². The Morgan fingerprint density at radius 2 is 1.75 bits per heavy atom. The van der Waals surface area contributed by atoms with Gasteiger partial charge in [-0.05, 0) is 61.0 Å². The van der Waals surface area contributed by atoms with Gasteiger partial charge in [0.05, 0.1) is 31.9 Å². The highest BCUT2D eigenvalue weighted by Gasteiger charge is 2.33. The van der Waals surface area contributed by atoms with Gasteiger partial charge in [-0.25, -0.2) is 4.99 Å². The van der Waals surface area contributed by atoms with E-state index in [1.54, 1.807) is 54.8 Å². The van der Waals surface area contributed by atoms with Crippen molar-refractivity contribution in [3.8, 4) is 28.6 Å². The number of furan rings is 1. The second-order valence-corrected chi connectivity index (χ2v) is 10.5. The number of rotatable bonds is 8. The highest BCUT2D eigenvalue weighted by Crippen LogP contribution is 2.42. The minimum Gasteiger partial charge on any atom is -0.493 e. The molecule has 206 valence electrons. The number of Topliss-reactive ketones (excluding diaryl/α,β-unsaturated/α-hetero) is 1. The van der Waals surface area contributed by atoms with Crippen molar-refractivity contribution >= 4 is 34.8 Å². The Balaban J connectivity index is 1.69. The summed E-state index contributed by atoms with van der Waals surface area (Å²) in [7, 11) is 4.56. The molecule has 40 heavy (non-hydrogen) atoms. The van der Waals surface area contributed by atoms with Crippen LogP contribution in [-0.4, -0.2) is 31.7 Å². The van der Waals surface area contributed by atoms with E-state index in [2.05, 4.69) is 4.99 Å². The maximum absolute atomic E-state index is 13.9. The predicted octanol–water partition coefficient (Wildman–Crippen LogP) is 5.15. The molecule has 0 N–H and O–H groups in total. The smallest absolute Gasteiger partial charge is 0.271 e. The summed E-state index contributed by atoms with van der Waals surface area (Å²) in [6.07, 6.45) is 1.95. The van der Waals surface area contributed by atoms with Gasteiger partial charge >= 0.3 is 0 Å². The van der Waals surface area contributed by atoms with Crippen LogP contribution in [0.2, 0.25) is 5.02 Å². The standard InChI is InChI=1S/C30H27ClN2O6S/c1-6-21(34)26-16(2)32-30-33(27(26)18-13-23(36-3)28(38-5)24(14-18)37-4)29(35)25(40-30)15-20-11-12-22(39-20)17-7-9-19(31)10-8-17/h7-15,27H,6H2,1-5H3/b25-15-. The summed E-state index contributed by atoms with van der Waals surface area (Å²) in [5.41, 5.74) is 2.21. The molecule has 0 radical (unpaired) electrons. The van der Waals surface area contributed by atoms with E-state index in [9.17, 15) is 9.59 Å². The largest absolute Gasteiger partial charge is 0.493 e. The molecule has 2 aromatic carbocycles. The number of ether oxygens (including phenoxy) is 3. The van der Waals surface area contributed by atoms with Gasteiger partial charge in [-0.15, -0.1) is 0 Å². The Morgan fingerprint density at radius 3 is 2.35 bits per heavy atom. The number of fused-ring (bicyclic) bond motifs is 1. The SMILES string of the molecule is CCC(=O)C1=C(C)N=c2s/c(=C\c3ccc(-c4ccc(Cl)cc4)o3)c(=O)n2C1c1cc(OC)c(OC)c(OC)c1. The lowest BCUT2D eigenvalue weighted by Gasteiger charge is -2.26. The molecule has 5 rings (SSSR count). The van der Waals surface area contributed by atoms with E-state index < -0.39 is 6.04 Å². The molecule has 4 aromatic rings. The van der Waals surface area contributed by atoms with Gasteiger partial charge in [-0.2, -0.15) is 0 Å². The van der Waals surface area contributed by atoms with Crippen molar-refractivity contribution in [2.45, 2.75) is 26.3 Å². The van der Waals surface area contributed by atoms with E-state index in [0.717, 1.165) is 5.56 Å². The fraction of sp³-hybridized carbons (Fsp3) is 0.233. The number of carbonyl (C=O) groups excluding carboxylic acids is 1. The Hall–Kier alpha value is -4.08. The number of benzene rings is 2. The third kappa shape index (κ3) is 4.87. The van der Waals surface area contributed by atoms with Crippen molar-refractivity contribution in [2.75, 3.05) is 21.3 Å². The average molecular weight is 579 g/mol. The molecule has 8 nitrogen and oxygen atoms in total. The maximum atomic E-state index is 13.9. The van der Waals surface area contributed by atoms with Gasteiger partial charge in [0.15, 0.2) is 22.1 Å². The molecule has 1 unspecified atom stereocenters. The first-order valence-corrected chi connectivity index (χ1v) is 13.7. The van der Waals surface area contributed by atoms with Crippen LogP contribution in [0.1, 0.15) is 37.6 Å². The number of ketones is 1. The molecule has 10 heteroatoms. The number of allylic oxidation sites excluding steroid dienone is 2. The molecule has 3 heterocycles. The first-order chi connectivity index (χ1) is 19.3. The Kier molecular flexibility index (Phi) is 7.69. The zero-order valence-corrected chi connectivity index (χ0v) is 24.2. The van der Waals surface area contributed by atoms with Crippen LogP contribution in [-0.2, 0) is 4.79 Å². The third-order valence-electron chi connectivity index (χ3n) is 6.67. The van der Waals surface area contributed by atoms with E-state index in [0.29, 0.717) is 60.0 Å². The topological polar surface area (TPSA) is 92.3 Å². The zero-order chi connectivity index (χ0) is 28.6. The molecule has 0 spiro atoms. The number of hydrogen-bond acceptors (Lipinski definition) is 8. The van der Waals surface area contributed by atoms with E-state index in [1.807, 2.05) is 18.2 Å². The van der Waals surface area contributed by atoms with Gasteiger partial charge in [-0.1, -0.05) is 29.9 Å². The van der Waals surface area contributed by atoms with E-state index in [4.69, 9.17) is 30.2 Å². The van der Waals surface area contributed by atoms with Crippen molar-refractivity contribution < 1.29 is 23.4 Å². The number of nitrogens with zero attached hydrogens (tertiary/aromatic N) is 2. The molecule has 0 fully saturated rings. The van der Waals surface area contributed by atoms with Gasteiger partial charge in [-0.3, -0.25) is 14.2 Å². The van der Waals surface area contributed by atoms with Crippen LogP contribution in [0.4, 0.5) is 0 Å². The first-order valence-electron chi connectivity index (χ1n) is 12.5. The number of carbonyl (C=O) groups is 1. The number of halogens is 1. The summed E-state index contributed by atoms with van der Waals surface area (Å²) in [6.45, 7) is 3.57. The normalized spacial score (nSPS) is 15.1. The lowest BCUT2D eigenvalue weighted by atomic mass is 9.91. The average Bonchev–Trinajstić information content (AvgIpc) is 3.55. The highest BCUT2D eigenvalue weighted by atomic mass is 35.5. The summed E-state index contributed by atoms with van der Waals surface area (Å²) in [5.74, 6) is 2.31. The van der Waals surface area contributed by atoms with Crippen molar-refractivity contribution in [2.24, 2.45) is 4.99 Å². The van der Waals surface area contributed by atoms with E-state index in [1.165, 1.54) is 32.7 Å². The second kappa shape index (κ2) is 11.2. The molecule has 1 aliphatic rings.